The number of methoxy groups -OCH3 is 1. The van der Waals surface area contributed by atoms with E-state index in [4.69, 9.17) is 15.0 Å². The van der Waals surface area contributed by atoms with Crippen LogP contribution in [0.5, 0.6) is 0 Å². The second kappa shape index (κ2) is 7.52. The van der Waals surface area contributed by atoms with Crippen LogP contribution >= 0.6 is 0 Å². The van der Waals surface area contributed by atoms with Gasteiger partial charge in [-0.05, 0) is 25.5 Å². The van der Waals surface area contributed by atoms with E-state index in [-0.39, 0.29) is 5.92 Å². The first-order valence-corrected chi connectivity index (χ1v) is 7.99. The Bertz CT molecular complexity index is 630. The van der Waals surface area contributed by atoms with Crippen molar-refractivity contribution in [3.63, 3.8) is 0 Å². The van der Waals surface area contributed by atoms with E-state index < -0.39 is 0 Å². The molecule has 124 valence electrons. The van der Waals surface area contributed by atoms with Crippen molar-refractivity contribution in [1.82, 2.24) is 20.0 Å². The van der Waals surface area contributed by atoms with Crippen molar-refractivity contribution in [1.29, 1.82) is 0 Å². The molecule has 7 nitrogen and oxygen atoms in total. The highest BCUT2D eigenvalue weighted by molar-refractivity contribution is 5.38. The van der Waals surface area contributed by atoms with E-state index >= 15 is 0 Å². The van der Waals surface area contributed by atoms with Crippen LogP contribution in [-0.2, 0) is 17.7 Å². The second-order valence-corrected chi connectivity index (χ2v) is 5.91. The Labute approximate surface area is 135 Å². The summed E-state index contributed by atoms with van der Waals surface area (Å²) in [6, 6.07) is 3.95. The normalized spacial score (nSPS) is 19.1. The molecular weight excluding hydrogens is 294 g/mol. The zero-order valence-corrected chi connectivity index (χ0v) is 13.4. The highest BCUT2D eigenvalue weighted by Crippen LogP contribution is 2.27. The highest BCUT2D eigenvalue weighted by atomic mass is 16.5. The first-order chi connectivity index (χ1) is 11.3. The zero-order valence-electron chi connectivity index (χ0n) is 13.4. The predicted octanol–water partition coefficient (Wildman–Crippen LogP) is 1.62. The Hall–Kier alpha value is -1.99. The number of ether oxygens (including phenoxy) is 1. The molecule has 1 atom stereocenters. The van der Waals surface area contributed by atoms with E-state index in [0.717, 1.165) is 49.8 Å². The molecule has 0 amide bonds. The Morgan fingerprint density at radius 2 is 2.39 bits per heavy atom. The number of aromatic nitrogens is 3. The quantitative estimate of drug-likeness (QED) is 0.865. The molecule has 0 bridgehead atoms. The minimum atomic E-state index is 0.283. The van der Waals surface area contributed by atoms with Gasteiger partial charge in [-0.15, -0.1) is 0 Å². The molecule has 0 spiro atoms. The van der Waals surface area contributed by atoms with Crippen LogP contribution in [0.2, 0.25) is 0 Å². The fourth-order valence-corrected chi connectivity index (χ4v) is 2.95. The number of rotatable bonds is 6. The summed E-state index contributed by atoms with van der Waals surface area (Å²) in [4.78, 5) is 11.0. The SMILES string of the molecule is COCCc1noc([C@H]2CCCN(Cc3cccnc3N)C2)n1. The Morgan fingerprint density at radius 3 is 3.22 bits per heavy atom. The summed E-state index contributed by atoms with van der Waals surface area (Å²) in [5.41, 5.74) is 7.01. The molecule has 2 aromatic rings. The first-order valence-electron chi connectivity index (χ1n) is 7.99. The molecule has 7 heteroatoms. The number of anilines is 1. The molecule has 3 heterocycles. The van der Waals surface area contributed by atoms with Crippen LogP contribution in [0.3, 0.4) is 0 Å². The lowest BCUT2D eigenvalue weighted by molar-refractivity contribution is 0.180. The standard InChI is InChI=1S/C16H23N5O2/c1-22-9-6-14-19-16(23-20-14)13-5-3-8-21(11-13)10-12-4-2-7-18-15(12)17/h2,4,7,13H,3,5-6,8-11H2,1H3,(H2,17,18)/t13-/m0/s1. The van der Waals surface area contributed by atoms with E-state index in [2.05, 4.69) is 20.0 Å². The second-order valence-electron chi connectivity index (χ2n) is 5.91. The fourth-order valence-electron chi connectivity index (χ4n) is 2.95. The summed E-state index contributed by atoms with van der Waals surface area (Å²) >= 11 is 0. The first kappa shape index (κ1) is 15.9. The van der Waals surface area contributed by atoms with Crippen LogP contribution in [0, 0.1) is 0 Å². The molecule has 0 aliphatic carbocycles. The molecule has 0 radical (unpaired) electrons. The lowest BCUT2D eigenvalue weighted by Crippen LogP contribution is -2.34. The minimum absolute atomic E-state index is 0.283. The molecule has 1 aliphatic heterocycles. The van der Waals surface area contributed by atoms with Gasteiger partial charge in [0, 0.05) is 38.4 Å². The maximum Gasteiger partial charge on any atom is 0.231 e. The van der Waals surface area contributed by atoms with Crippen LogP contribution in [0.4, 0.5) is 5.82 Å². The summed E-state index contributed by atoms with van der Waals surface area (Å²) in [5, 5.41) is 4.04. The van der Waals surface area contributed by atoms with Gasteiger partial charge in [-0.25, -0.2) is 4.98 Å². The van der Waals surface area contributed by atoms with E-state index in [1.165, 1.54) is 0 Å². The molecule has 1 aliphatic rings. The van der Waals surface area contributed by atoms with Gasteiger partial charge in [0.2, 0.25) is 5.89 Å². The summed E-state index contributed by atoms with van der Waals surface area (Å²) in [5.74, 6) is 2.34. The topological polar surface area (TPSA) is 90.3 Å². The van der Waals surface area contributed by atoms with Gasteiger partial charge in [0.1, 0.15) is 5.82 Å². The smallest absolute Gasteiger partial charge is 0.231 e. The number of nitrogen functional groups attached to an aromatic ring is 1. The van der Waals surface area contributed by atoms with Gasteiger partial charge in [-0.3, -0.25) is 4.90 Å². The Morgan fingerprint density at radius 1 is 1.48 bits per heavy atom. The molecule has 23 heavy (non-hydrogen) atoms. The summed E-state index contributed by atoms with van der Waals surface area (Å²) < 4.78 is 10.5. The monoisotopic (exact) mass is 317 g/mol. The maximum atomic E-state index is 5.94. The largest absolute Gasteiger partial charge is 0.384 e. The fraction of sp³-hybridized carbons (Fsp3) is 0.562. The average molecular weight is 317 g/mol. The molecule has 0 unspecified atom stereocenters. The number of nitrogens with two attached hydrogens (primary N) is 1. The summed E-state index contributed by atoms with van der Waals surface area (Å²) in [7, 11) is 1.67. The van der Waals surface area contributed by atoms with E-state index in [9.17, 15) is 0 Å². The predicted molar refractivity (Wildman–Crippen MR) is 85.8 cm³/mol. The van der Waals surface area contributed by atoms with Crippen LogP contribution in [0.25, 0.3) is 0 Å². The van der Waals surface area contributed by atoms with Crippen molar-refractivity contribution in [3.8, 4) is 0 Å². The van der Waals surface area contributed by atoms with Gasteiger partial charge in [0.25, 0.3) is 0 Å². The van der Waals surface area contributed by atoms with Gasteiger partial charge in [0.05, 0.1) is 12.5 Å². The van der Waals surface area contributed by atoms with Gasteiger partial charge in [0.15, 0.2) is 5.82 Å². The average Bonchev–Trinajstić information content (AvgIpc) is 3.04. The van der Waals surface area contributed by atoms with E-state index in [1.807, 2.05) is 12.1 Å². The lowest BCUT2D eigenvalue weighted by Gasteiger charge is -2.31. The summed E-state index contributed by atoms with van der Waals surface area (Å²) in [6.45, 7) is 3.37. The molecule has 2 aromatic heterocycles. The van der Waals surface area contributed by atoms with Crippen LogP contribution < -0.4 is 5.73 Å². The van der Waals surface area contributed by atoms with Crippen LogP contribution in [-0.4, -0.2) is 46.8 Å². The number of likely N-dealkylation sites (tertiary alicyclic amines) is 1. The number of piperidine rings is 1. The number of nitrogens with zero attached hydrogens (tertiary/aromatic N) is 4. The van der Waals surface area contributed by atoms with Crippen molar-refractivity contribution in [2.75, 3.05) is 32.5 Å². The molecule has 0 saturated carbocycles. The summed E-state index contributed by atoms with van der Waals surface area (Å²) in [6.07, 6.45) is 4.59. The molecule has 1 fully saturated rings. The third-order valence-corrected chi connectivity index (χ3v) is 4.19. The third kappa shape index (κ3) is 4.05. The van der Waals surface area contributed by atoms with E-state index in [1.54, 1.807) is 13.3 Å². The van der Waals surface area contributed by atoms with Crippen molar-refractivity contribution >= 4 is 5.82 Å². The number of hydrogen-bond acceptors (Lipinski definition) is 7. The van der Waals surface area contributed by atoms with Gasteiger partial charge in [-0.2, -0.15) is 4.98 Å². The molecule has 3 rings (SSSR count). The van der Waals surface area contributed by atoms with Crippen molar-refractivity contribution < 1.29 is 9.26 Å². The van der Waals surface area contributed by atoms with Crippen molar-refractivity contribution in [2.24, 2.45) is 0 Å². The maximum absolute atomic E-state index is 5.94. The van der Waals surface area contributed by atoms with Gasteiger partial charge < -0.3 is 15.0 Å². The van der Waals surface area contributed by atoms with Crippen LogP contribution in [0.15, 0.2) is 22.9 Å². The lowest BCUT2D eigenvalue weighted by atomic mass is 9.97. The van der Waals surface area contributed by atoms with Crippen LogP contribution in [0.1, 0.15) is 36.0 Å². The molecule has 2 N–H and O–H groups in total. The Kier molecular flexibility index (Phi) is 5.19. The highest BCUT2D eigenvalue weighted by Gasteiger charge is 2.26. The molecule has 1 saturated heterocycles. The Balaban J connectivity index is 1.62. The van der Waals surface area contributed by atoms with E-state index in [0.29, 0.717) is 18.8 Å². The molecular formula is C16H23N5O2. The number of hydrogen-bond donors (Lipinski definition) is 1. The zero-order chi connectivity index (χ0) is 16.1. The minimum Gasteiger partial charge on any atom is -0.384 e. The number of pyridine rings is 1. The van der Waals surface area contributed by atoms with Gasteiger partial charge in [-0.1, -0.05) is 11.2 Å². The third-order valence-electron chi connectivity index (χ3n) is 4.19. The van der Waals surface area contributed by atoms with Crippen molar-refractivity contribution in [2.45, 2.75) is 31.7 Å². The van der Waals surface area contributed by atoms with Gasteiger partial charge >= 0.3 is 0 Å². The molecule has 0 aromatic carbocycles. The van der Waals surface area contributed by atoms with Crippen molar-refractivity contribution in [3.05, 3.63) is 35.6 Å².